The minimum atomic E-state index is -0.0237. The summed E-state index contributed by atoms with van der Waals surface area (Å²) in [5.74, 6) is 0.835. The maximum absolute atomic E-state index is 9.56. The van der Waals surface area contributed by atoms with Gasteiger partial charge in [-0.1, -0.05) is 6.92 Å². The SMILES string of the molecule is CC1CCCN(C2CCC(O)C2)C1C. The van der Waals surface area contributed by atoms with Gasteiger partial charge in [0.1, 0.15) is 0 Å². The summed E-state index contributed by atoms with van der Waals surface area (Å²) in [5, 5.41) is 9.56. The van der Waals surface area contributed by atoms with E-state index in [0.29, 0.717) is 6.04 Å². The van der Waals surface area contributed by atoms with Crippen molar-refractivity contribution < 1.29 is 5.11 Å². The molecule has 2 rings (SSSR count). The van der Waals surface area contributed by atoms with Crippen LogP contribution in [0.15, 0.2) is 0 Å². The molecule has 0 spiro atoms. The van der Waals surface area contributed by atoms with Crippen LogP contribution < -0.4 is 0 Å². The van der Waals surface area contributed by atoms with Crippen LogP contribution in [0.4, 0.5) is 0 Å². The predicted octanol–water partition coefficient (Wildman–Crippen LogP) is 2.02. The molecular weight excluding hydrogens is 174 g/mol. The van der Waals surface area contributed by atoms with E-state index in [0.717, 1.165) is 24.8 Å². The highest BCUT2D eigenvalue weighted by atomic mass is 16.3. The largest absolute Gasteiger partial charge is 0.393 e. The first-order valence-electron chi connectivity index (χ1n) is 6.12. The number of hydrogen-bond donors (Lipinski definition) is 1. The zero-order valence-electron chi connectivity index (χ0n) is 9.45. The molecule has 1 saturated carbocycles. The maximum Gasteiger partial charge on any atom is 0.0555 e. The number of aliphatic hydroxyl groups excluding tert-OH is 1. The Labute approximate surface area is 87.3 Å². The summed E-state index contributed by atoms with van der Waals surface area (Å²) >= 11 is 0. The number of rotatable bonds is 1. The number of aliphatic hydroxyl groups is 1. The average Bonchev–Trinajstić information content (AvgIpc) is 2.57. The number of piperidine rings is 1. The van der Waals surface area contributed by atoms with E-state index in [1.165, 1.54) is 25.8 Å². The zero-order valence-corrected chi connectivity index (χ0v) is 9.45. The molecule has 0 aromatic rings. The molecule has 2 aliphatic rings. The molecule has 1 N–H and O–H groups in total. The van der Waals surface area contributed by atoms with Gasteiger partial charge < -0.3 is 5.11 Å². The van der Waals surface area contributed by atoms with Crippen LogP contribution in [0.5, 0.6) is 0 Å². The Bertz CT molecular complexity index is 195. The van der Waals surface area contributed by atoms with E-state index in [1.807, 2.05) is 0 Å². The fraction of sp³-hybridized carbons (Fsp3) is 1.00. The second-order valence-corrected chi connectivity index (χ2v) is 5.22. The summed E-state index contributed by atoms with van der Waals surface area (Å²) < 4.78 is 0. The van der Waals surface area contributed by atoms with Crippen LogP contribution in [0.3, 0.4) is 0 Å². The van der Waals surface area contributed by atoms with Crippen molar-refractivity contribution in [2.45, 2.75) is 64.1 Å². The Morgan fingerprint density at radius 1 is 1.14 bits per heavy atom. The molecule has 0 bridgehead atoms. The molecule has 2 nitrogen and oxygen atoms in total. The monoisotopic (exact) mass is 197 g/mol. The highest BCUT2D eigenvalue weighted by Gasteiger charge is 2.34. The third kappa shape index (κ3) is 1.96. The van der Waals surface area contributed by atoms with E-state index in [4.69, 9.17) is 0 Å². The van der Waals surface area contributed by atoms with E-state index in [1.54, 1.807) is 0 Å². The van der Waals surface area contributed by atoms with Gasteiger partial charge in [-0.15, -0.1) is 0 Å². The lowest BCUT2D eigenvalue weighted by Gasteiger charge is -2.41. The molecule has 82 valence electrons. The van der Waals surface area contributed by atoms with Crippen molar-refractivity contribution in [3.63, 3.8) is 0 Å². The van der Waals surface area contributed by atoms with Crippen molar-refractivity contribution in [3.05, 3.63) is 0 Å². The number of hydrogen-bond acceptors (Lipinski definition) is 2. The molecule has 2 fully saturated rings. The van der Waals surface area contributed by atoms with Crippen LogP contribution in [0.2, 0.25) is 0 Å². The maximum atomic E-state index is 9.56. The highest BCUT2D eigenvalue weighted by molar-refractivity contribution is 4.88. The molecule has 4 unspecified atom stereocenters. The lowest BCUT2D eigenvalue weighted by atomic mass is 9.90. The fourth-order valence-corrected chi connectivity index (χ4v) is 3.12. The Hall–Kier alpha value is -0.0800. The van der Waals surface area contributed by atoms with E-state index >= 15 is 0 Å². The normalized spacial score (nSPS) is 45.6. The first-order valence-corrected chi connectivity index (χ1v) is 6.12. The van der Waals surface area contributed by atoms with Crippen LogP contribution in [0, 0.1) is 5.92 Å². The molecule has 2 heteroatoms. The van der Waals surface area contributed by atoms with E-state index in [-0.39, 0.29) is 6.10 Å². The van der Waals surface area contributed by atoms with Crippen LogP contribution >= 0.6 is 0 Å². The lowest BCUT2D eigenvalue weighted by molar-refractivity contribution is 0.0627. The van der Waals surface area contributed by atoms with Gasteiger partial charge in [0.05, 0.1) is 6.10 Å². The van der Waals surface area contributed by atoms with Gasteiger partial charge in [0.2, 0.25) is 0 Å². The summed E-state index contributed by atoms with van der Waals surface area (Å²) in [6, 6.07) is 1.39. The number of nitrogens with zero attached hydrogens (tertiary/aromatic N) is 1. The minimum Gasteiger partial charge on any atom is -0.393 e. The van der Waals surface area contributed by atoms with Gasteiger partial charge in [-0.25, -0.2) is 0 Å². The van der Waals surface area contributed by atoms with Gasteiger partial charge in [-0.3, -0.25) is 4.90 Å². The van der Waals surface area contributed by atoms with Crippen molar-refractivity contribution in [1.82, 2.24) is 4.90 Å². The van der Waals surface area contributed by atoms with Crippen LogP contribution in [0.1, 0.15) is 46.0 Å². The van der Waals surface area contributed by atoms with Gasteiger partial charge >= 0.3 is 0 Å². The average molecular weight is 197 g/mol. The van der Waals surface area contributed by atoms with Gasteiger partial charge in [-0.05, 0) is 51.5 Å². The molecule has 1 saturated heterocycles. The predicted molar refractivity (Wildman–Crippen MR) is 58.2 cm³/mol. The molecule has 1 aliphatic heterocycles. The summed E-state index contributed by atoms with van der Waals surface area (Å²) in [7, 11) is 0. The summed E-state index contributed by atoms with van der Waals surface area (Å²) in [6.45, 7) is 5.97. The zero-order chi connectivity index (χ0) is 10.1. The van der Waals surface area contributed by atoms with Crippen molar-refractivity contribution in [2.24, 2.45) is 5.92 Å². The second kappa shape index (κ2) is 4.19. The van der Waals surface area contributed by atoms with Gasteiger partial charge in [-0.2, -0.15) is 0 Å². The van der Waals surface area contributed by atoms with Crippen LogP contribution in [-0.4, -0.2) is 34.7 Å². The van der Waals surface area contributed by atoms with Crippen molar-refractivity contribution in [3.8, 4) is 0 Å². The molecule has 0 aromatic heterocycles. The first kappa shape index (κ1) is 10.4. The molecule has 14 heavy (non-hydrogen) atoms. The third-order valence-corrected chi connectivity index (χ3v) is 4.27. The molecule has 0 aromatic carbocycles. The summed E-state index contributed by atoms with van der Waals surface area (Å²) in [5.41, 5.74) is 0. The van der Waals surface area contributed by atoms with Crippen molar-refractivity contribution in [1.29, 1.82) is 0 Å². The molecule has 4 atom stereocenters. The smallest absolute Gasteiger partial charge is 0.0555 e. The van der Waals surface area contributed by atoms with Crippen molar-refractivity contribution >= 4 is 0 Å². The molecule has 1 aliphatic carbocycles. The molecule has 1 heterocycles. The van der Waals surface area contributed by atoms with E-state index in [9.17, 15) is 5.11 Å². The van der Waals surface area contributed by atoms with E-state index in [2.05, 4.69) is 18.7 Å². The van der Waals surface area contributed by atoms with Gasteiger partial charge in [0, 0.05) is 12.1 Å². The Morgan fingerprint density at radius 2 is 1.93 bits per heavy atom. The Kier molecular flexibility index (Phi) is 3.13. The molecule has 0 radical (unpaired) electrons. The third-order valence-electron chi connectivity index (χ3n) is 4.27. The minimum absolute atomic E-state index is 0.0237. The first-order chi connectivity index (χ1) is 6.68. The van der Waals surface area contributed by atoms with Gasteiger partial charge in [0.15, 0.2) is 0 Å². The van der Waals surface area contributed by atoms with E-state index < -0.39 is 0 Å². The topological polar surface area (TPSA) is 23.5 Å². The number of likely N-dealkylation sites (tertiary alicyclic amines) is 1. The summed E-state index contributed by atoms with van der Waals surface area (Å²) in [4.78, 5) is 2.64. The standard InChI is InChI=1S/C12H23NO/c1-9-4-3-7-13(10(9)2)11-5-6-12(14)8-11/h9-12,14H,3-8H2,1-2H3. The van der Waals surface area contributed by atoms with Gasteiger partial charge in [0.25, 0.3) is 0 Å². The Balaban J connectivity index is 1.95. The lowest BCUT2D eigenvalue weighted by Crippen LogP contribution is -2.47. The quantitative estimate of drug-likeness (QED) is 0.695. The summed E-state index contributed by atoms with van der Waals surface area (Å²) in [6.07, 6.45) is 5.94. The fourth-order valence-electron chi connectivity index (χ4n) is 3.12. The second-order valence-electron chi connectivity index (χ2n) is 5.22. The highest BCUT2D eigenvalue weighted by Crippen LogP contribution is 2.31. The van der Waals surface area contributed by atoms with Crippen LogP contribution in [-0.2, 0) is 0 Å². The molecular formula is C12H23NO. The van der Waals surface area contributed by atoms with Crippen molar-refractivity contribution in [2.75, 3.05) is 6.54 Å². The van der Waals surface area contributed by atoms with Crippen LogP contribution in [0.25, 0.3) is 0 Å². The Morgan fingerprint density at radius 3 is 2.57 bits per heavy atom. The molecule has 0 amide bonds.